The van der Waals surface area contributed by atoms with E-state index >= 15 is 0 Å². The highest BCUT2D eigenvalue weighted by molar-refractivity contribution is 6.32. The molecule has 0 aliphatic carbocycles. The molecule has 1 heterocycles. The van der Waals surface area contributed by atoms with Crippen LogP contribution in [0.4, 0.5) is 0 Å². The van der Waals surface area contributed by atoms with E-state index in [1.54, 1.807) is 20.3 Å². The zero-order valence-electron chi connectivity index (χ0n) is 13.1. The third-order valence-electron chi connectivity index (χ3n) is 4.14. The van der Waals surface area contributed by atoms with Crippen molar-refractivity contribution in [3.8, 4) is 11.5 Å². The van der Waals surface area contributed by atoms with Crippen LogP contribution >= 0.6 is 11.6 Å². The lowest BCUT2D eigenvalue weighted by Gasteiger charge is -2.34. The Bertz CT molecular complexity index is 533. The van der Waals surface area contributed by atoms with E-state index in [2.05, 4.69) is 30.5 Å². The van der Waals surface area contributed by atoms with E-state index in [0.29, 0.717) is 22.7 Å². The van der Waals surface area contributed by atoms with Gasteiger partial charge in [-0.25, -0.2) is 0 Å². The first-order valence-electron chi connectivity index (χ1n) is 7.04. The minimum absolute atomic E-state index is 0.339. The van der Waals surface area contributed by atoms with Crippen LogP contribution in [0.5, 0.6) is 11.5 Å². The first kappa shape index (κ1) is 16.0. The largest absolute Gasteiger partial charge is 0.496 e. The fourth-order valence-electron chi connectivity index (χ4n) is 2.92. The van der Waals surface area contributed by atoms with Crippen LogP contribution in [-0.4, -0.2) is 50.8 Å². The predicted octanol–water partition coefficient (Wildman–Crippen LogP) is 3.31. The third kappa shape index (κ3) is 2.97. The molecule has 0 amide bonds. The van der Waals surface area contributed by atoms with E-state index in [9.17, 15) is 0 Å². The molecule has 0 N–H and O–H groups in total. The summed E-state index contributed by atoms with van der Waals surface area (Å²) in [6.07, 6.45) is 2.66. The summed E-state index contributed by atoms with van der Waals surface area (Å²) >= 11 is 6.24. The van der Waals surface area contributed by atoms with Crippen LogP contribution in [0.15, 0.2) is 18.7 Å². The number of methoxy groups -OCH3 is 2. The summed E-state index contributed by atoms with van der Waals surface area (Å²) in [7, 11) is 7.43. The van der Waals surface area contributed by atoms with Gasteiger partial charge >= 0.3 is 0 Å². The quantitative estimate of drug-likeness (QED) is 0.833. The number of likely N-dealkylation sites (tertiary alicyclic amines) is 1. The Balaban J connectivity index is 2.40. The van der Waals surface area contributed by atoms with Gasteiger partial charge in [-0.2, -0.15) is 0 Å². The molecule has 1 saturated heterocycles. The van der Waals surface area contributed by atoms with Crippen molar-refractivity contribution >= 4 is 17.3 Å². The maximum absolute atomic E-state index is 6.24. The van der Waals surface area contributed by atoms with Gasteiger partial charge in [0.15, 0.2) is 0 Å². The van der Waals surface area contributed by atoms with Crippen LogP contribution in [0.2, 0.25) is 5.02 Å². The molecule has 0 saturated carbocycles. The lowest BCUT2D eigenvalue weighted by atomic mass is 10.1. The van der Waals surface area contributed by atoms with Crippen molar-refractivity contribution in [1.82, 2.24) is 9.80 Å². The van der Waals surface area contributed by atoms with Gasteiger partial charge in [0.25, 0.3) is 0 Å². The predicted molar refractivity (Wildman–Crippen MR) is 87.0 cm³/mol. The Morgan fingerprint density at radius 3 is 2.62 bits per heavy atom. The van der Waals surface area contributed by atoms with Crippen molar-refractivity contribution in [3.63, 3.8) is 0 Å². The second kappa shape index (κ2) is 6.58. The minimum Gasteiger partial charge on any atom is -0.496 e. The Hall–Kier alpha value is -1.39. The Morgan fingerprint density at radius 2 is 2.10 bits per heavy atom. The summed E-state index contributed by atoms with van der Waals surface area (Å²) in [5.74, 6) is 1.32. The van der Waals surface area contributed by atoms with Gasteiger partial charge in [0.1, 0.15) is 11.5 Å². The molecule has 0 radical (unpaired) electrons. The van der Waals surface area contributed by atoms with Crippen LogP contribution in [0.3, 0.4) is 0 Å². The lowest BCUT2D eigenvalue weighted by Crippen LogP contribution is -2.39. The second-order valence-electron chi connectivity index (χ2n) is 5.32. The van der Waals surface area contributed by atoms with E-state index in [1.807, 2.05) is 6.07 Å². The fraction of sp³-hybridized carbons (Fsp3) is 0.500. The smallest absolute Gasteiger partial charge is 0.150 e. The number of nitrogens with zero attached hydrogens (tertiary/aromatic N) is 2. The van der Waals surface area contributed by atoms with Crippen molar-refractivity contribution < 1.29 is 9.47 Å². The molecule has 1 aromatic rings. The summed E-state index contributed by atoms with van der Waals surface area (Å²) in [6.45, 7) is 5.35. The molecule has 5 heteroatoms. The number of rotatable bonds is 5. The van der Waals surface area contributed by atoms with Crippen LogP contribution < -0.4 is 9.47 Å². The third-order valence-corrected chi connectivity index (χ3v) is 4.44. The van der Waals surface area contributed by atoms with Crippen LogP contribution in [-0.2, 0) is 0 Å². The average Bonchev–Trinajstić information content (AvgIpc) is 2.91. The molecule has 2 rings (SSSR count). The first-order chi connectivity index (χ1) is 10.0. The Kier molecular flexibility index (Phi) is 5.01. The SMILES string of the molecule is C=C(c1c(OC)ccc(Cl)c1OC)N(C)C1CCCN1C. The van der Waals surface area contributed by atoms with Gasteiger partial charge in [0.05, 0.1) is 31.0 Å². The zero-order chi connectivity index (χ0) is 15.6. The molecule has 0 spiro atoms. The van der Waals surface area contributed by atoms with Crippen LogP contribution in [0, 0.1) is 0 Å². The van der Waals surface area contributed by atoms with Gasteiger partial charge in [-0.1, -0.05) is 18.2 Å². The molecule has 1 aliphatic heterocycles. The number of halogens is 1. The van der Waals surface area contributed by atoms with Gasteiger partial charge in [0.2, 0.25) is 0 Å². The van der Waals surface area contributed by atoms with E-state index < -0.39 is 0 Å². The lowest BCUT2D eigenvalue weighted by molar-refractivity contribution is 0.176. The Morgan fingerprint density at radius 1 is 1.38 bits per heavy atom. The van der Waals surface area contributed by atoms with E-state index in [1.165, 1.54) is 6.42 Å². The summed E-state index contributed by atoms with van der Waals surface area (Å²) < 4.78 is 10.9. The molecule has 116 valence electrons. The highest BCUT2D eigenvalue weighted by Gasteiger charge is 2.28. The molecular weight excluding hydrogens is 288 g/mol. The average molecular weight is 311 g/mol. The number of hydrogen-bond acceptors (Lipinski definition) is 4. The molecule has 1 fully saturated rings. The van der Waals surface area contributed by atoms with Crippen LogP contribution in [0.25, 0.3) is 5.70 Å². The van der Waals surface area contributed by atoms with Crippen molar-refractivity contribution in [3.05, 3.63) is 29.3 Å². The van der Waals surface area contributed by atoms with Crippen molar-refractivity contribution in [2.45, 2.75) is 19.0 Å². The minimum atomic E-state index is 0.339. The van der Waals surface area contributed by atoms with Crippen LogP contribution in [0.1, 0.15) is 18.4 Å². The standard InChI is InChI=1S/C16H23ClN2O2/c1-11(19(3)14-7-6-10-18(14)2)15-13(20-4)9-8-12(17)16(15)21-5/h8-9,14H,1,6-7,10H2,2-5H3. The molecule has 0 bridgehead atoms. The second-order valence-corrected chi connectivity index (χ2v) is 5.73. The van der Waals surface area contributed by atoms with Crippen molar-refractivity contribution in [2.75, 3.05) is 34.9 Å². The summed E-state index contributed by atoms with van der Waals surface area (Å²) in [4.78, 5) is 4.50. The highest BCUT2D eigenvalue weighted by atomic mass is 35.5. The molecule has 1 aliphatic rings. The zero-order valence-corrected chi connectivity index (χ0v) is 13.9. The first-order valence-corrected chi connectivity index (χ1v) is 7.41. The van der Waals surface area contributed by atoms with Gasteiger partial charge in [-0.15, -0.1) is 0 Å². The summed E-state index contributed by atoms with van der Waals surface area (Å²) in [6, 6.07) is 3.62. The van der Waals surface area contributed by atoms with E-state index in [4.69, 9.17) is 21.1 Å². The Labute approximate surface area is 131 Å². The molecule has 1 unspecified atom stereocenters. The monoisotopic (exact) mass is 310 g/mol. The van der Waals surface area contributed by atoms with Gasteiger partial charge in [0, 0.05) is 12.7 Å². The van der Waals surface area contributed by atoms with E-state index in [0.717, 1.165) is 24.2 Å². The maximum Gasteiger partial charge on any atom is 0.150 e. The van der Waals surface area contributed by atoms with Crippen molar-refractivity contribution in [1.29, 1.82) is 0 Å². The molecule has 0 aromatic heterocycles. The number of ether oxygens (including phenoxy) is 2. The summed E-state index contributed by atoms with van der Waals surface area (Å²) in [5, 5.41) is 0.558. The molecule has 21 heavy (non-hydrogen) atoms. The normalized spacial score (nSPS) is 18.6. The van der Waals surface area contributed by atoms with E-state index in [-0.39, 0.29) is 0 Å². The van der Waals surface area contributed by atoms with Gasteiger partial charge in [-0.05, 0) is 38.6 Å². The van der Waals surface area contributed by atoms with Gasteiger partial charge < -0.3 is 14.4 Å². The fourth-order valence-corrected chi connectivity index (χ4v) is 3.15. The molecular formula is C16H23ClN2O2. The van der Waals surface area contributed by atoms with Gasteiger partial charge in [-0.3, -0.25) is 4.90 Å². The topological polar surface area (TPSA) is 24.9 Å². The molecule has 1 atom stereocenters. The number of hydrogen-bond donors (Lipinski definition) is 0. The maximum atomic E-state index is 6.24. The molecule has 1 aromatic carbocycles. The highest BCUT2D eigenvalue weighted by Crippen LogP contribution is 2.41. The number of benzene rings is 1. The van der Waals surface area contributed by atoms with Crippen molar-refractivity contribution in [2.24, 2.45) is 0 Å². The molecule has 4 nitrogen and oxygen atoms in total. The summed E-state index contributed by atoms with van der Waals surface area (Å²) in [5.41, 5.74) is 1.67.